The number of hydrogen-bond acceptors (Lipinski definition) is 4. The van der Waals surface area contributed by atoms with E-state index in [2.05, 4.69) is 9.69 Å². The van der Waals surface area contributed by atoms with Crippen molar-refractivity contribution in [1.82, 2.24) is 9.69 Å². The van der Waals surface area contributed by atoms with E-state index < -0.39 is 5.97 Å². The van der Waals surface area contributed by atoms with Crippen molar-refractivity contribution >= 4 is 23.4 Å². The Morgan fingerprint density at radius 3 is 2.85 bits per heavy atom. The average molecular weight is 200 g/mol. The molecule has 0 aliphatic rings. The number of carbonyl (C=O) groups excluding carboxylic acids is 1. The molecule has 5 nitrogen and oxygen atoms in total. The molecule has 1 rings (SSSR count). The molecule has 1 aromatic heterocycles. The fourth-order valence-corrected chi connectivity index (χ4v) is 1.38. The molecule has 0 saturated carbocycles. The Hall–Kier alpha value is -1.43. The SMILES string of the molecule is CCNC(=O)c1cc(C(=O)O)ns1. The molecular weight excluding hydrogens is 192 g/mol. The van der Waals surface area contributed by atoms with Gasteiger partial charge < -0.3 is 10.4 Å². The van der Waals surface area contributed by atoms with E-state index in [9.17, 15) is 9.59 Å². The van der Waals surface area contributed by atoms with Crippen LogP contribution in [0, 0.1) is 0 Å². The number of carboxylic acid groups (broad SMARTS) is 1. The van der Waals surface area contributed by atoms with E-state index in [0.717, 1.165) is 11.5 Å². The van der Waals surface area contributed by atoms with Crippen molar-refractivity contribution in [2.75, 3.05) is 6.54 Å². The molecule has 1 amide bonds. The molecule has 0 aliphatic heterocycles. The molecule has 1 aromatic rings. The van der Waals surface area contributed by atoms with E-state index in [-0.39, 0.29) is 11.6 Å². The van der Waals surface area contributed by atoms with Crippen LogP contribution in [0.1, 0.15) is 27.1 Å². The maximum atomic E-state index is 11.1. The molecule has 2 N–H and O–H groups in total. The minimum atomic E-state index is -1.12. The van der Waals surface area contributed by atoms with Gasteiger partial charge in [-0.05, 0) is 24.5 Å². The van der Waals surface area contributed by atoms with Crippen molar-refractivity contribution in [2.24, 2.45) is 0 Å². The van der Waals surface area contributed by atoms with Gasteiger partial charge in [-0.2, -0.15) is 4.37 Å². The van der Waals surface area contributed by atoms with Gasteiger partial charge in [0.2, 0.25) is 0 Å². The van der Waals surface area contributed by atoms with E-state index in [0.29, 0.717) is 11.4 Å². The van der Waals surface area contributed by atoms with Gasteiger partial charge in [-0.15, -0.1) is 0 Å². The average Bonchev–Trinajstić information content (AvgIpc) is 2.52. The highest BCUT2D eigenvalue weighted by Gasteiger charge is 2.13. The van der Waals surface area contributed by atoms with Crippen molar-refractivity contribution < 1.29 is 14.7 Å². The second-order valence-electron chi connectivity index (χ2n) is 2.24. The molecule has 13 heavy (non-hydrogen) atoms. The van der Waals surface area contributed by atoms with Crippen LogP contribution in [0.3, 0.4) is 0 Å². The van der Waals surface area contributed by atoms with E-state index >= 15 is 0 Å². The van der Waals surface area contributed by atoms with Crippen LogP contribution >= 0.6 is 11.5 Å². The Balaban J connectivity index is 2.79. The van der Waals surface area contributed by atoms with Gasteiger partial charge in [0.05, 0.1) is 0 Å². The fraction of sp³-hybridized carbons (Fsp3) is 0.286. The number of carboxylic acids is 1. The van der Waals surface area contributed by atoms with Crippen LogP contribution in [-0.4, -0.2) is 27.9 Å². The molecular formula is C7H8N2O3S. The first kappa shape index (κ1) is 9.66. The highest BCUT2D eigenvalue weighted by molar-refractivity contribution is 7.08. The van der Waals surface area contributed by atoms with Crippen molar-refractivity contribution in [2.45, 2.75) is 6.92 Å². The quantitative estimate of drug-likeness (QED) is 0.748. The molecule has 0 bridgehead atoms. The molecule has 0 fully saturated rings. The first-order chi connectivity index (χ1) is 6.15. The highest BCUT2D eigenvalue weighted by atomic mass is 32.1. The van der Waals surface area contributed by atoms with Gasteiger partial charge in [-0.25, -0.2) is 4.79 Å². The lowest BCUT2D eigenvalue weighted by atomic mass is 10.3. The van der Waals surface area contributed by atoms with Crippen molar-refractivity contribution in [3.63, 3.8) is 0 Å². The standard InChI is InChI=1S/C7H8N2O3S/c1-2-8-6(10)5-3-4(7(11)12)9-13-5/h3H,2H2,1H3,(H,8,10)(H,11,12). The number of hydrogen-bond donors (Lipinski definition) is 2. The van der Waals surface area contributed by atoms with Crippen LogP contribution in [0.2, 0.25) is 0 Å². The van der Waals surface area contributed by atoms with Gasteiger partial charge in [0.25, 0.3) is 5.91 Å². The number of carbonyl (C=O) groups is 2. The van der Waals surface area contributed by atoms with Gasteiger partial charge in [-0.1, -0.05) is 0 Å². The van der Waals surface area contributed by atoms with Crippen molar-refractivity contribution in [3.8, 4) is 0 Å². The van der Waals surface area contributed by atoms with Gasteiger partial charge in [0, 0.05) is 6.54 Å². The number of nitrogens with one attached hydrogen (secondary N) is 1. The molecule has 0 aliphatic carbocycles. The summed E-state index contributed by atoms with van der Waals surface area (Å²) in [6.07, 6.45) is 0. The summed E-state index contributed by atoms with van der Waals surface area (Å²) in [5.74, 6) is -1.40. The zero-order valence-electron chi connectivity index (χ0n) is 6.90. The second kappa shape index (κ2) is 3.99. The summed E-state index contributed by atoms with van der Waals surface area (Å²) < 4.78 is 3.60. The first-order valence-electron chi connectivity index (χ1n) is 3.63. The number of amides is 1. The molecule has 0 atom stereocenters. The highest BCUT2D eigenvalue weighted by Crippen LogP contribution is 2.09. The molecule has 0 saturated heterocycles. The number of aromatic nitrogens is 1. The van der Waals surface area contributed by atoms with Gasteiger partial charge in [0.15, 0.2) is 5.69 Å². The van der Waals surface area contributed by atoms with E-state index in [1.165, 1.54) is 6.07 Å². The lowest BCUT2D eigenvalue weighted by Crippen LogP contribution is -2.21. The van der Waals surface area contributed by atoms with E-state index in [1.54, 1.807) is 6.92 Å². The van der Waals surface area contributed by atoms with Gasteiger partial charge in [-0.3, -0.25) is 4.79 Å². The van der Waals surface area contributed by atoms with Crippen LogP contribution in [-0.2, 0) is 0 Å². The monoisotopic (exact) mass is 200 g/mol. The smallest absolute Gasteiger partial charge is 0.355 e. The fourth-order valence-electron chi connectivity index (χ4n) is 0.731. The lowest BCUT2D eigenvalue weighted by molar-refractivity contribution is 0.0692. The van der Waals surface area contributed by atoms with Crippen LogP contribution in [0.5, 0.6) is 0 Å². The predicted octanol–water partition coefficient (Wildman–Crippen LogP) is 0.591. The zero-order chi connectivity index (χ0) is 9.84. The number of aromatic carboxylic acids is 1. The Labute approximate surface area is 78.6 Å². The Kier molecular flexibility index (Phi) is 2.97. The number of nitrogens with zero attached hydrogens (tertiary/aromatic N) is 1. The Morgan fingerprint density at radius 1 is 1.69 bits per heavy atom. The van der Waals surface area contributed by atoms with E-state index in [1.807, 2.05) is 0 Å². The summed E-state index contributed by atoms with van der Waals surface area (Å²) in [7, 11) is 0. The predicted molar refractivity (Wildman–Crippen MR) is 47.1 cm³/mol. The molecule has 70 valence electrons. The number of rotatable bonds is 3. The maximum absolute atomic E-state index is 11.1. The van der Waals surface area contributed by atoms with Crippen molar-refractivity contribution in [1.29, 1.82) is 0 Å². The first-order valence-corrected chi connectivity index (χ1v) is 4.40. The molecule has 0 radical (unpaired) electrons. The third-order valence-electron chi connectivity index (χ3n) is 1.29. The second-order valence-corrected chi connectivity index (χ2v) is 3.05. The van der Waals surface area contributed by atoms with Crippen LogP contribution in [0.15, 0.2) is 6.07 Å². The Morgan fingerprint density at radius 2 is 2.38 bits per heavy atom. The summed E-state index contributed by atoms with van der Waals surface area (Å²) >= 11 is 0.883. The molecule has 0 aromatic carbocycles. The third kappa shape index (κ3) is 2.25. The van der Waals surface area contributed by atoms with Gasteiger partial charge >= 0.3 is 5.97 Å². The van der Waals surface area contributed by atoms with Crippen LogP contribution in [0.25, 0.3) is 0 Å². The van der Waals surface area contributed by atoms with Gasteiger partial charge in [0.1, 0.15) is 4.88 Å². The topological polar surface area (TPSA) is 79.3 Å². The van der Waals surface area contributed by atoms with E-state index in [4.69, 9.17) is 5.11 Å². The summed E-state index contributed by atoms with van der Waals surface area (Å²) in [6, 6.07) is 1.26. The summed E-state index contributed by atoms with van der Waals surface area (Å²) in [5, 5.41) is 11.1. The van der Waals surface area contributed by atoms with Crippen molar-refractivity contribution in [3.05, 3.63) is 16.6 Å². The molecule has 0 spiro atoms. The minimum absolute atomic E-state index is 0.0914. The maximum Gasteiger partial charge on any atom is 0.355 e. The molecule has 1 heterocycles. The zero-order valence-corrected chi connectivity index (χ0v) is 7.72. The lowest BCUT2D eigenvalue weighted by Gasteiger charge is -1.95. The summed E-state index contributed by atoms with van der Waals surface area (Å²) in [5.41, 5.74) is -0.0914. The minimum Gasteiger partial charge on any atom is -0.476 e. The van der Waals surface area contributed by atoms with Crippen LogP contribution < -0.4 is 5.32 Å². The molecule has 6 heteroatoms. The molecule has 0 unspecified atom stereocenters. The summed E-state index contributed by atoms with van der Waals surface area (Å²) in [4.78, 5) is 21.9. The normalized spacial score (nSPS) is 9.62. The third-order valence-corrected chi connectivity index (χ3v) is 2.08. The Bertz CT molecular complexity index is 334. The summed E-state index contributed by atoms with van der Waals surface area (Å²) in [6.45, 7) is 2.30. The van der Waals surface area contributed by atoms with Crippen LogP contribution in [0.4, 0.5) is 0 Å². The largest absolute Gasteiger partial charge is 0.476 e.